The van der Waals surface area contributed by atoms with E-state index in [9.17, 15) is 14.7 Å². The Hall–Kier alpha value is -2.53. The number of carbonyl (C=O) groups is 2. The summed E-state index contributed by atoms with van der Waals surface area (Å²) >= 11 is 6.10. The molecule has 0 fully saturated rings. The predicted octanol–water partition coefficient (Wildman–Crippen LogP) is 2.91. The molecule has 0 saturated heterocycles. The lowest BCUT2D eigenvalue weighted by molar-refractivity contribution is -0.307. The first kappa shape index (κ1) is 16.3. The van der Waals surface area contributed by atoms with Crippen LogP contribution in [0.25, 0.3) is 0 Å². The number of carboxylic acids is 1. The maximum Gasteiger partial charge on any atom is 0.415 e. The first-order chi connectivity index (χ1) is 11.5. The van der Waals surface area contributed by atoms with Crippen molar-refractivity contribution in [2.75, 3.05) is 4.90 Å². The molecular weight excluding hydrogens is 330 g/mol. The van der Waals surface area contributed by atoms with Crippen LogP contribution in [0.1, 0.15) is 30.6 Å². The molecule has 5 nitrogen and oxygen atoms in total. The highest BCUT2D eigenvalue weighted by Crippen LogP contribution is 2.41. The summed E-state index contributed by atoms with van der Waals surface area (Å²) in [6.07, 6.45) is -1.15. The van der Waals surface area contributed by atoms with Gasteiger partial charge in [-0.3, -0.25) is 4.90 Å². The van der Waals surface area contributed by atoms with Gasteiger partial charge >= 0.3 is 6.09 Å². The van der Waals surface area contributed by atoms with E-state index in [1.54, 1.807) is 25.1 Å². The Morgan fingerprint density at radius 1 is 1.29 bits per heavy atom. The number of cyclic esters (lactones) is 1. The summed E-state index contributed by atoms with van der Waals surface area (Å²) in [5, 5.41) is 11.9. The van der Waals surface area contributed by atoms with Crippen molar-refractivity contribution in [1.29, 1.82) is 0 Å². The summed E-state index contributed by atoms with van der Waals surface area (Å²) in [4.78, 5) is 25.1. The van der Waals surface area contributed by atoms with Crippen molar-refractivity contribution in [2.24, 2.45) is 0 Å². The predicted molar refractivity (Wildman–Crippen MR) is 87.8 cm³/mol. The van der Waals surface area contributed by atoms with E-state index in [0.29, 0.717) is 16.3 Å². The van der Waals surface area contributed by atoms with Gasteiger partial charge < -0.3 is 14.6 Å². The van der Waals surface area contributed by atoms with Crippen LogP contribution < -0.4 is 10.0 Å². The molecule has 0 bridgehead atoms. The number of rotatable bonds is 4. The summed E-state index contributed by atoms with van der Waals surface area (Å²) in [5.41, 5.74) is 1.91. The van der Waals surface area contributed by atoms with Gasteiger partial charge in [-0.25, -0.2) is 4.79 Å². The highest BCUT2D eigenvalue weighted by molar-refractivity contribution is 6.30. The minimum Gasteiger partial charge on any atom is -0.548 e. The fraction of sp³-hybridized carbons (Fsp3) is 0.222. The number of amides is 1. The van der Waals surface area contributed by atoms with Gasteiger partial charge in [-0.15, -0.1) is 0 Å². The van der Waals surface area contributed by atoms with Crippen LogP contribution in [0.2, 0.25) is 5.02 Å². The average molecular weight is 345 g/mol. The van der Waals surface area contributed by atoms with E-state index < -0.39 is 24.2 Å². The van der Waals surface area contributed by atoms with Crippen LogP contribution in [-0.2, 0) is 9.53 Å². The van der Waals surface area contributed by atoms with Gasteiger partial charge in [0.1, 0.15) is 0 Å². The molecule has 1 aliphatic heterocycles. The molecule has 0 aliphatic carbocycles. The molecule has 1 heterocycles. The number of hydrogen-bond acceptors (Lipinski definition) is 4. The van der Waals surface area contributed by atoms with Crippen molar-refractivity contribution < 1.29 is 19.4 Å². The van der Waals surface area contributed by atoms with Crippen molar-refractivity contribution in [1.82, 2.24) is 0 Å². The molecule has 2 atom stereocenters. The Morgan fingerprint density at radius 3 is 2.62 bits per heavy atom. The zero-order valence-corrected chi connectivity index (χ0v) is 13.7. The molecule has 2 aromatic carbocycles. The normalized spacial score (nSPS) is 17.8. The quantitative estimate of drug-likeness (QED) is 0.855. The van der Waals surface area contributed by atoms with Gasteiger partial charge in [0.15, 0.2) is 6.10 Å². The summed E-state index contributed by atoms with van der Waals surface area (Å²) in [5.74, 6) is -1.33. The zero-order chi connectivity index (χ0) is 17.3. The molecule has 124 valence electrons. The lowest BCUT2D eigenvalue weighted by atomic mass is 9.97. The van der Waals surface area contributed by atoms with Crippen LogP contribution >= 0.6 is 11.6 Å². The van der Waals surface area contributed by atoms with Crippen LogP contribution in [0.4, 0.5) is 10.5 Å². The van der Waals surface area contributed by atoms with Crippen LogP contribution in [0.5, 0.6) is 0 Å². The Labute approximate surface area is 144 Å². The molecular formula is C18H15ClNO4-. The van der Waals surface area contributed by atoms with E-state index in [1.807, 2.05) is 30.3 Å². The molecule has 6 heteroatoms. The summed E-state index contributed by atoms with van der Waals surface area (Å²) in [6, 6.07) is 13.1. The molecule has 0 radical (unpaired) electrons. The first-order valence-electron chi connectivity index (χ1n) is 7.58. The number of benzene rings is 2. The Balaban J connectivity index is 2.14. The number of fused-ring (bicyclic) bond motifs is 1. The molecule has 2 aromatic rings. The number of hydrogen-bond donors (Lipinski definition) is 0. The van der Waals surface area contributed by atoms with Crippen LogP contribution in [0, 0.1) is 0 Å². The van der Waals surface area contributed by atoms with Crippen LogP contribution in [-0.4, -0.2) is 18.1 Å². The van der Waals surface area contributed by atoms with Gasteiger partial charge in [-0.2, -0.15) is 0 Å². The number of halogens is 1. The Morgan fingerprint density at radius 2 is 2.00 bits per heavy atom. The molecule has 1 aliphatic rings. The van der Waals surface area contributed by atoms with E-state index in [-0.39, 0.29) is 6.42 Å². The van der Waals surface area contributed by atoms with Gasteiger partial charge in [0.05, 0.1) is 17.7 Å². The molecule has 24 heavy (non-hydrogen) atoms. The third kappa shape index (κ3) is 2.83. The van der Waals surface area contributed by atoms with E-state index in [0.717, 1.165) is 10.5 Å². The lowest BCUT2D eigenvalue weighted by Gasteiger charge is -2.38. The topological polar surface area (TPSA) is 69.7 Å². The second kappa shape index (κ2) is 6.53. The van der Waals surface area contributed by atoms with Crippen molar-refractivity contribution in [3.05, 3.63) is 64.7 Å². The maximum absolute atomic E-state index is 12.5. The fourth-order valence-electron chi connectivity index (χ4n) is 2.90. The molecule has 1 amide bonds. The third-order valence-electron chi connectivity index (χ3n) is 4.02. The van der Waals surface area contributed by atoms with E-state index in [2.05, 4.69) is 0 Å². The fourth-order valence-corrected chi connectivity index (χ4v) is 3.08. The Kier molecular flexibility index (Phi) is 4.44. The van der Waals surface area contributed by atoms with E-state index in [1.165, 1.54) is 0 Å². The largest absolute Gasteiger partial charge is 0.548 e. The average Bonchev–Trinajstić information content (AvgIpc) is 2.57. The minimum atomic E-state index is -1.33. The van der Waals surface area contributed by atoms with Crippen molar-refractivity contribution >= 4 is 29.4 Å². The smallest absolute Gasteiger partial charge is 0.415 e. The molecule has 0 aromatic heterocycles. The van der Waals surface area contributed by atoms with Crippen LogP contribution in [0.3, 0.4) is 0 Å². The summed E-state index contributed by atoms with van der Waals surface area (Å²) < 4.78 is 5.54. The van der Waals surface area contributed by atoms with E-state index >= 15 is 0 Å². The SMILES string of the molecule is CCC(C(=O)[O-])N1C(=O)OC(c2ccccc2)c2cc(Cl)ccc21. The minimum absolute atomic E-state index is 0.204. The second-order valence-corrected chi connectivity index (χ2v) is 5.93. The van der Waals surface area contributed by atoms with Crippen molar-refractivity contribution in [2.45, 2.75) is 25.5 Å². The van der Waals surface area contributed by atoms with Gasteiger partial charge in [-0.05, 0) is 30.2 Å². The molecule has 3 rings (SSSR count). The van der Waals surface area contributed by atoms with Gasteiger partial charge in [-0.1, -0.05) is 48.9 Å². The second-order valence-electron chi connectivity index (χ2n) is 5.49. The number of carboxylic acid groups (broad SMARTS) is 1. The maximum atomic E-state index is 12.5. The lowest BCUT2D eigenvalue weighted by Crippen LogP contribution is -2.53. The van der Waals surface area contributed by atoms with Gasteiger partial charge in [0.25, 0.3) is 0 Å². The van der Waals surface area contributed by atoms with Crippen molar-refractivity contribution in [3.8, 4) is 0 Å². The number of ether oxygens (including phenoxy) is 1. The highest BCUT2D eigenvalue weighted by atomic mass is 35.5. The molecule has 0 saturated carbocycles. The van der Waals surface area contributed by atoms with Gasteiger partial charge in [0, 0.05) is 10.6 Å². The first-order valence-corrected chi connectivity index (χ1v) is 7.95. The van der Waals surface area contributed by atoms with Crippen molar-refractivity contribution in [3.63, 3.8) is 0 Å². The summed E-state index contributed by atoms with van der Waals surface area (Å²) in [6.45, 7) is 1.67. The standard InChI is InChI=1S/C18H16ClNO4/c1-2-14(17(21)22)20-15-9-8-12(19)10-13(15)16(24-18(20)23)11-6-4-3-5-7-11/h3-10,14,16H,2H2,1H3,(H,21,22)/p-1. The van der Waals surface area contributed by atoms with Crippen LogP contribution in [0.15, 0.2) is 48.5 Å². The molecule has 0 spiro atoms. The number of anilines is 1. The highest BCUT2D eigenvalue weighted by Gasteiger charge is 2.37. The summed E-state index contributed by atoms with van der Waals surface area (Å²) in [7, 11) is 0. The zero-order valence-electron chi connectivity index (χ0n) is 12.9. The van der Waals surface area contributed by atoms with E-state index in [4.69, 9.17) is 16.3 Å². The molecule has 0 N–H and O–H groups in total. The van der Waals surface area contributed by atoms with Gasteiger partial charge in [0.2, 0.25) is 0 Å². The third-order valence-corrected chi connectivity index (χ3v) is 4.25. The number of nitrogens with zero attached hydrogens (tertiary/aromatic N) is 1. The monoisotopic (exact) mass is 344 g/mol. The molecule has 2 unspecified atom stereocenters. The number of carbonyl (C=O) groups excluding carboxylic acids is 2. The number of aliphatic carboxylic acids is 1. The Bertz CT molecular complexity index is 778.